The Morgan fingerprint density at radius 3 is 2.38 bits per heavy atom. The molecule has 0 bridgehead atoms. The summed E-state index contributed by atoms with van der Waals surface area (Å²) in [6.07, 6.45) is 2.97. The van der Waals surface area contributed by atoms with Crippen molar-refractivity contribution in [1.29, 1.82) is 0 Å². The van der Waals surface area contributed by atoms with E-state index in [4.69, 9.17) is 0 Å². The number of carbonyl (C=O) groups is 3. The lowest BCUT2D eigenvalue weighted by Gasteiger charge is -2.26. The number of amides is 4. The van der Waals surface area contributed by atoms with Crippen LogP contribution in [0.1, 0.15) is 40.0 Å². The number of hydrogen-bond acceptors (Lipinski definition) is 4. The van der Waals surface area contributed by atoms with Crippen molar-refractivity contribution in [3.05, 3.63) is 0 Å². The molecule has 1 heterocycles. The van der Waals surface area contributed by atoms with E-state index >= 15 is 0 Å². The molecular weight excluding hydrogens is 228 g/mol. The summed E-state index contributed by atoms with van der Waals surface area (Å²) in [4.78, 5) is 33.6. The maximum atomic E-state index is 11.3. The van der Waals surface area contributed by atoms with E-state index in [-0.39, 0.29) is 4.75 Å². The summed E-state index contributed by atoms with van der Waals surface area (Å²) in [6.45, 7) is 5.99. The molecule has 0 aromatic carbocycles. The van der Waals surface area contributed by atoms with Crippen LogP contribution in [-0.2, 0) is 9.59 Å². The van der Waals surface area contributed by atoms with Crippen molar-refractivity contribution in [1.82, 2.24) is 9.62 Å². The van der Waals surface area contributed by atoms with Gasteiger partial charge < -0.3 is 0 Å². The van der Waals surface area contributed by atoms with E-state index < -0.39 is 17.8 Å². The minimum absolute atomic E-state index is 0.229. The van der Waals surface area contributed by atoms with Gasteiger partial charge in [-0.1, -0.05) is 19.8 Å². The van der Waals surface area contributed by atoms with Gasteiger partial charge in [-0.25, -0.2) is 4.79 Å². The third-order valence-corrected chi connectivity index (χ3v) is 3.47. The standard InChI is InChI=1S/C10H16N2O3S/c1-4-5-6-10(2,3)16-12-8(14)7(13)11-9(12)15/h4-6H2,1-3H3,(H,11,13,15). The van der Waals surface area contributed by atoms with E-state index in [9.17, 15) is 14.4 Å². The lowest BCUT2D eigenvalue weighted by Crippen LogP contribution is -2.30. The summed E-state index contributed by atoms with van der Waals surface area (Å²) < 4.78 is 0.686. The molecule has 0 radical (unpaired) electrons. The van der Waals surface area contributed by atoms with Crippen LogP contribution < -0.4 is 5.32 Å². The monoisotopic (exact) mass is 244 g/mol. The smallest absolute Gasteiger partial charge is 0.268 e. The predicted molar refractivity (Wildman–Crippen MR) is 61.6 cm³/mol. The van der Waals surface area contributed by atoms with Gasteiger partial charge in [-0.3, -0.25) is 14.9 Å². The van der Waals surface area contributed by atoms with Crippen LogP contribution in [0, 0.1) is 0 Å². The van der Waals surface area contributed by atoms with Crippen molar-refractivity contribution in [2.24, 2.45) is 0 Å². The van der Waals surface area contributed by atoms with E-state index in [2.05, 4.69) is 6.92 Å². The largest absolute Gasteiger partial charge is 0.341 e. The van der Waals surface area contributed by atoms with Crippen molar-refractivity contribution in [3.8, 4) is 0 Å². The van der Waals surface area contributed by atoms with Crippen LogP contribution in [0.4, 0.5) is 4.79 Å². The van der Waals surface area contributed by atoms with Crippen molar-refractivity contribution >= 4 is 29.8 Å². The van der Waals surface area contributed by atoms with Crippen LogP contribution in [0.25, 0.3) is 0 Å². The lowest BCUT2D eigenvalue weighted by molar-refractivity contribution is -0.138. The first-order valence-electron chi connectivity index (χ1n) is 5.26. The fourth-order valence-electron chi connectivity index (χ4n) is 1.36. The van der Waals surface area contributed by atoms with Gasteiger partial charge in [-0.2, -0.15) is 4.31 Å². The molecule has 90 valence electrons. The normalized spacial score (nSPS) is 16.9. The molecule has 1 aliphatic rings. The van der Waals surface area contributed by atoms with Crippen molar-refractivity contribution in [3.63, 3.8) is 0 Å². The Labute approximate surface area is 99.1 Å². The molecule has 4 amide bonds. The number of hydrogen-bond donors (Lipinski definition) is 1. The van der Waals surface area contributed by atoms with E-state index in [1.165, 1.54) is 0 Å². The molecule has 1 fully saturated rings. The molecule has 0 aliphatic carbocycles. The van der Waals surface area contributed by atoms with Crippen LogP contribution in [0.3, 0.4) is 0 Å². The van der Waals surface area contributed by atoms with Crippen LogP contribution in [0.2, 0.25) is 0 Å². The summed E-state index contributed by atoms with van der Waals surface area (Å²) in [6, 6.07) is -0.635. The van der Waals surface area contributed by atoms with Crippen molar-refractivity contribution < 1.29 is 14.4 Å². The third-order valence-electron chi connectivity index (χ3n) is 2.25. The zero-order valence-electron chi connectivity index (χ0n) is 9.70. The average Bonchev–Trinajstić information content (AvgIpc) is 2.42. The molecule has 0 spiro atoms. The Morgan fingerprint density at radius 2 is 1.94 bits per heavy atom. The molecule has 0 aromatic rings. The Morgan fingerprint density at radius 1 is 1.31 bits per heavy atom. The SMILES string of the molecule is CCCCC(C)(C)SN1C(=O)NC(=O)C1=O. The molecule has 1 rings (SSSR count). The molecule has 1 saturated heterocycles. The molecule has 6 heteroatoms. The molecular formula is C10H16N2O3S. The number of urea groups is 1. The Bertz CT molecular complexity index is 328. The van der Waals surface area contributed by atoms with Crippen LogP contribution in [0.15, 0.2) is 0 Å². The first-order valence-corrected chi connectivity index (χ1v) is 6.03. The summed E-state index contributed by atoms with van der Waals surface area (Å²) in [5.74, 6) is -1.62. The van der Waals surface area contributed by atoms with Gasteiger partial charge in [0.25, 0.3) is 0 Å². The maximum Gasteiger partial charge on any atom is 0.341 e. The minimum Gasteiger partial charge on any atom is -0.268 e. The second-order valence-electron chi connectivity index (χ2n) is 4.31. The van der Waals surface area contributed by atoms with Crippen LogP contribution in [-0.4, -0.2) is 26.9 Å². The van der Waals surface area contributed by atoms with E-state index in [0.717, 1.165) is 35.5 Å². The minimum atomic E-state index is -0.844. The highest BCUT2D eigenvalue weighted by molar-refractivity contribution is 7.99. The quantitative estimate of drug-likeness (QED) is 0.454. The van der Waals surface area contributed by atoms with Gasteiger partial charge in [0, 0.05) is 4.75 Å². The molecule has 5 nitrogen and oxygen atoms in total. The Hall–Kier alpha value is -1.04. The number of unbranched alkanes of at least 4 members (excludes halogenated alkanes) is 1. The van der Waals surface area contributed by atoms with Gasteiger partial charge in [-0.05, 0) is 32.2 Å². The highest BCUT2D eigenvalue weighted by atomic mass is 32.2. The molecule has 1 aliphatic heterocycles. The average molecular weight is 244 g/mol. The van der Waals surface area contributed by atoms with E-state index in [1.54, 1.807) is 0 Å². The molecule has 0 saturated carbocycles. The lowest BCUT2D eigenvalue weighted by atomic mass is 10.1. The van der Waals surface area contributed by atoms with Gasteiger partial charge in [0.1, 0.15) is 0 Å². The number of carbonyl (C=O) groups excluding carboxylic acids is 3. The zero-order chi connectivity index (χ0) is 12.3. The van der Waals surface area contributed by atoms with E-state index in [0.29, 0.717) is 0 Å². The Kier molecular flexibility index (Phi) is 3.96. The number of rotatable bonds is 5. The molecule has 0 unspecified atom stereocenters. The van der Waals surface area contributed by atoms with Crippen molar-refractivity contribution in [2.75, 3.05) is 0 Å². The van der Waals surface area contributed by atoms with Gasteiger partial charge in [0.2, 0.25) is 0 Å². The summed E-state index contributed by atoms with van der Waals surface area (Å²) in [5, 5.41) is 1.97. The Balaban J connectivity index is 2.62. The topological polar surface area (TPSA) is 66.5 Å². The first kappa shape index (κ1) is 13.0. The fraction of sp³-hybridized carbons (Fsp3) is 0.700. The third kappa shape index (κ3) is 2.98. The predicted octanol–water partition coefficient (Wildman–Crippen LogP) is 1.68. The number of nitrogens with zero attached hydrogens (tertiary/aromatic N) is 1. The van der Waals surface area contributed by atoms with Gasteiger partial charge in [0.05, 0.1) is 0 Å². The maximum absolute atomic E-state index is 11.3. The highest BCUT2D eigenvalue weighted by Crippen LogP contribution is 2.34. The summed E-state index contributed by atoms with van der Waals surface area (Å²) in [5.41, 5.74) is 0. The van der Waals surface area contributed by atoms with E-state index in [1.807, 2.05) is 19.2 Å². The summed E-state index contributed by atoms with van der Waals surface area (Å²) >= 11 is 1.12. The van der Waals surface area contributed by atoms with Crippen molar-refractivity contribution in [2.45, 2.75) is 44.8 Å². The van der Waals surface area contributed by atoms with Gasteiger partial charge in [0.15, 0.2) is 0 Å². The second-order valence-corrected chi connectivity index (χ2v) is 5.97. The number of imide groups is 2. The van der Waals surface area contributed by atoms with Crippen LogP contribution in [0.5, 0.6) is 0 Å². The van der Waals surface area contributed by atoms with Gasteiger partial charge >= 0.3 is 17.8 Å². The van der Waals surface area contributed by atoms with Gasteiger partial charge in [-0.15, -0.1) is 0 Å². The number of nitrogens with one attached hydrogen (secondary N) is 1. The molecule has 0 aromatic heterocycles. The summed E-state index contributed by atoms with van der Waals surface area (Å²) in [7, 11) is 0. The molecule has 1 N–H and O–H groups in total. The first-order chi connectivity index (χ1) is 7.37. The zero-order valence-corrected chi connectivity index (χ0v) is 10.5. The second kappa shape index (κ2) is 4.86. The fourth-order valence-corrected chi connectivity index (χ4v) is 2.39. The molecule has 16 heavy (non-hydrogen) atoms. The van der Waals surface area contributed by atoms with Crippen LogP contribution >= 0.6 is 11.9 Å². The molecule has 0 atom stereocenters. The highest BCUT2D eigenvalue weighted by Gasteiger charge is 2.40.